The number of ether oxygens (including phenoxy) is 1. The van der Waals surface area contributed by atoms with Gasteiger partial charge < -0.3 is 4.74 Å². The molecule has 7 heteroatoms. The molecule has 3 rings (SSSR count). The van der Waals surface area contributed by atoms with Crippen molar-refractivity contribution in [3.8, 4) is 0 Å². The van der Waals surface area contributed by atoms with E-state index in [1.807, 2.05) is 24.3 Å². The van der Waals surface area contributed by atoms with E-state index in [-0.39, 0.29) is 12.3 Å². The van der Waals surface area contributed by atoms with Gasteiger partial charge in [-0.15, -0.1) is 11.3 Å². The number of nitrogens with zero attached hydrogens (tertiary/aromatic N) is 2. The number of carbonyl (C=O) groups excluding carboxylic acids is 1. The first-order valence-electron chi connectivity index (χ1n) is 7.05. The lowest BCUT2D eigenvalue weighted by molar-refractivity contribution is -0.384. The molecule has 0 aliphatic heterocycles. The van der Waals surface area contributed by atoms with Crippen LogP contribution in [0.1, 0.15) is 10.6 Å². The zero-order valence-electron chi connectivity index (χ0n) is 12.4. The van der Waals surface area contributed by atoms with Crippen LogP contribution >= 0.6 is 11.3 Å². The second kappa shape index (κ2) is 7.01. The number of fused-ring (bicyclic) bond motifs is 1. The molecular weight excluding hydrogens is 328 g/mol. The summed E-state index contributed by atoms with van der Waals surface area (Å²) in [6.45, 7) is 0.114. The highest BCUT2D eigenvalue weighted by Crippen LogP contribution is 2.22. The monoisotopic (exact) mass is 340 g/mol. The van der Waals surface area contributed by atoms with Crippen molar-refractivity contribution >= 4 is 39.3 Å². The van der Waals surface area contributed by atoms with Crippen LogP contribution in [0.4, 0.5) is 5.69 Å². The van der Waals surface area contributed by atoms with E-state index in [9.17, 15) is 14.9 Å². The number of rotatable bonds is 5. The number of para-hydroxylation sites is 1. The van der Waals surface area contributed by atoms with E-state index < -0.39 is 10.9 Å². The van der Waals surface area contributed by atoms with Crippen molar-refractivity contribution in [2.75, 3.05) is 0 Å². The Labute approximate surface area is 141 Å². The third-order valence-electron chi connectivity index (χ3n) is 3.19. The highest BCUT2D eigenvalue weighted by atomic mass is 32.1. The van der Waals surface area contributed by atoms with Crippen molar-refractivity contribution < 1.29 is 14.5 Å². The van der Waals surface area contributed by atoms with Gasteiger partial charge in [0.1, 0.15) is 11.6 Å². The molecule has 6 nitrogen and oxygen atoms in total. The van der Waals surface area contributed by atoms with Gasteiger partial charge in [-0.25, -0.2) is 9.78 Å². The van der Waals surface area contributed by atoms with Crippen LogP contribution in [0.5, 0.6) is 0 Å². The van der Waals surface area contributed by atoms with Crippen LogP contribution in [0.2, 0.25) is 0 Å². The van der Waals surface area contributed by atoms with E-state index in [2.05, 4.69) is 4.98 Å². The molecule has 24 heavy (non-hydrogen) atoms. The molecule has 1 heterocycles. The number of aromatic nitrogens is 1. The average Bonchev–Trinajstić information content (AvgIpc) is 3.01. The standard InChI is InChI=1S/C17H12N2O4S/c20-17(10-7-12-5-8-13(9-6-12)19(21)22)23-11-16-18-14-3-1-2-4-15(14)24-16/h1-10H,11H2/b10-7+. The van der Waals surface area contributed by atoms with Crippen molar-refractivity contribution in [1.29, 1.82) is 0 Å². The van der Waals surface area contributed by atoms with Gasteiger partial charge >= 0.3 is 5.97 Å². The van der Waals surface area contributed by atoms with Gasteiger partial charge in [-0.3, -0.25) is 10.1 Å². The number of esters is 1. The predicted octanol–water partition coefficient (Wildman–Crippen LogP) is 3.96. The molecule has 120 valence electrons. The number of non-ortho nitro benzene ring substituents is 1. The van der Waals surface area contributed by atoms with Gasteiger partial charge in [0.05, 0.1) is 15.1 Å². The fourth-order valence-corrected chi connectivity index (χ4v) is 2.91. The molecule has 0 atom stereocenters. The summed E-state index contributed by atoms with van der Waals surface area (Å²) in [6.07, 6.45) is 2.83. The molecule has 0 aliphatic rings. The largest absolute Gasteiger partial charge is 0.455 e. The van der Waals surface area contributed by atoms with Gasteiger partial charge in [0.15, 0.2) is 0 Å². The van der Waals surface area contributed by atoms with Crippen LogP contribution in [0, 0.1) is 10.1 Å². The van der Waals surface area contributed by atoms with Gasteiger partial charge in [0, 0.05) is 18.2 Å². The number of nitro benzene ring substituents is 1. The van der Waals surface area contributed by atoms with E-state index in [1.165, 1.54) is 29.5 Å². The number of carbonyl (C=O) groups is 1. The lowest BCUT2D eigenvalue weighted by atomic mass is 10.2. The first-order chi connectivity index (χ1) is 11.6. The summed E-state index contributed by atoms with van der Waals surface area (Å²) in [5.74, 6) is -0.493. The zero-order valence-corrected chi connectivity index (χ0v) is 13.2. The fraction of sp³-hybridized carbons (Fsp3) is 0.0588. The van der Waals surface area contributed by atoms with E-state index >= 15 is 0 Å². The highest BCUT2D eigenvalue weighted by Gasteiger charge is 2.06. The summed E-state index contributed by atoms with van der Waals surface area (Å²) < 4.78 is 6.20. The maximum absolute atomic E-state index is 11.7. The van der Waals surface area contributed by atoms with Crippen molar-refractivity contribution in [3.63, 3.8) is 0 Å². The number of benzene rings is 2. The molecule has 0 spiro atoms. The van der Waals surface area contributed by atoms with Crippen LogP contribution in [-0.4, -0.2) is 15.9 Å². The molecule has 0 unspecified atom stereocenters. The van der Waals surface area contributed by atoms with Crippen LogP contribution in [0.15, 0.2) is 54.6 Å². The molecule has 3 aromatic rings. The van der Waals surface area contributed by atoms with Gasteiger partial charge in [-0.2, -0.15) is 0 Å². The molecule has 1 aromatic heterocycles. The molecule has 2 aromatic carbocycles. The van der Waals surface area contributed by atoms with Crippen molar-refractivity contribution in [2.45, 2.75) is 6.61 Å². The fourth-order valence-electron chi connectivity index (χ4n) is 2.03. The summed E-state index contributed by atoms with van der Waals surface area (Å²) in [7, 11) is 0. The van der Waals surface area contributed by atoms with Gasteiger partial charge in [-0.1, -0.05) is 12.1 Å². The second-order valence-corrected chi connectivity index (χ2v) is 5.98. The van der Waals surface area contributed by atoms with Crippen molar-refractivity contribution in [1.82, 2.24) is 4.98 Å². The van der Waals surface area contributed by atoms with Crippen molar-refractivity contribution in [2.24, 2.45) is 0 Å². The molecule has 0 bridgehead atoms. The van der Waals surface area contributed by atoms with Crippen LogP contribution in [-0.2, 0) is 16.1 Å². The van der Waals surface area contributed by atoms with E-state index in [1.54, 1.807) is 18.2 Å². The maximum Gasteiger partial charge on any atom is 0.331 e. The average molecular weight is 340 g/mol. The summed E-state index contributed by atoms with van der Waals surface area (Å²) >= 11 is 1.48. The van der Waals surface area contributed by atoms with Crippen molar-refractivity contribution in [3.05, 3.63) is 75.3 Å². The molecule has 0 N–H and O–H groups in total. The Kier molecular flexibility index (Phi) is 4.62. The Bertz CT molecular complexity index is 883. The number of hydrogen-bond donors (Lipinski definition) is 0. The zero-order chi connectivity index (χ0) is 16.9. The maximum atomic E-state index is 11.7. The number of nitro groups is 1. The molecular formula is C17H12N2O4S. The third-order valence-corrected chi connectivity index (χ3v) is 4.20. The highest BCUT2D eigenvalue weighted by molar-refractivity contribution is 7.18. The van der Waals surface area contributed by atoms with E-state index in [0.717, 1.165) is 15.2 Å². The Morgan fingerprint density at radius 2 is 1.96 bits per heavy atom. The summed E-state index contributed by atoms with van der Waals surface area (Å²) in [5.41, 5.74) is 1.57. The SMILES string of the molecule is O=C(/C=C/c1ccc([N+](=O)[O-])cc1)OCc1nc2ccccc2s1. The minimum atomic E-state index is -0.493. The number of hydrogen-bond acceptors (Lipinski definition) is 6. The minimum absolute atomic E-state index is 0.00515. The summed E-state index contributed by atoms with van der Waals surface area (Å²) in [5, 5.41) is 11.3. The van der Waals surface area contributed by atoms with Gasteiger partial charge in [0.25, 0.3) is 5.69 Å². The van der Waals surface area contributed by atoms with Gasteiger partial charge in [0.2, 0.25) is 0 Å². The smallest absolute Gasteiger partial charge is 0.331 e. The van der Waals surface area contributed by atoms with Crippen LogP contribution < -0.4 is 0 Å². The Hall–Kier alpha value is -3.06. The molecule has 0 saturated carbocycles. The summed E-state index contributed by atoms with van der Waals surface area (Å²) in [6, 6.07) is 13.6. The van der Waals surface area contributed by atoms with E-state index in [0.29, 0.717) is 5.56 Å². The topological polar surface area (TPSA) is 82.3 Å². The number of thiazole rings is 1. The quantitative estimate of drug-likeness (QED) is 0.304. The first kappa shape index (κ1) is 15.8. The normalized spacial score (nSPS) is 11.0. The Balaban J connectivity index is 1.57. The predicted molar refractivity (Wildman–Crippen MR) is 91.5 cm³/mol. The lowest BCUT2D eigenvalue weighted by Gasteiger charge is -1.98. The first-order valence-corrected chi connectivity index (χ1v) is 7.87. The molecule has 0 radical (unpaired) electrons. The third kappa shape index (κ3) is 3.82. The second-order valence-electron chi connectivity index (χ2n) is 4.87. The molecule has 0 saturated heterocycles. The molecule has 0 aliphatic carbocycles. The molecule has 0 fully saturated rings. The van der Waals surface area contributed by atoms with Gasteiger partial charge in [-0.05, 0) is 35.9 Å². The Morgan fingerprint density at radius 1 is 1.21 bits per heavy atom. The Morgan fingerprint density at radius 3 is 2.67 bits per heavy atom. The molecule has 0 amide bonds. The van der Waals surface area contributed by atoms with Crippen LogP contribution in [0.3, 0.4) is 0 Å². The summed E-state index contributed by atoms with van der Waals surface area (Å²) in [4.78, 5) is 26.2. The lowest BCUT2D eigenvalue weighted by Crippen LogP contribution is -2.00. The minimum Gasteiger partial charge on any atom is -0.455 e. The van der Waals surface area contributed by atoms with E-state index in [4.69, 9.17) is 4.74 Å². The van der Waals surface area contributed by atoms with Crippen LogP contribution in [0.25, 0.3) is 16.3 Å².